The predicted octanol–water partition coefficient (Wildman–Crippen LogP) is 2.22. The van der Waals surface area contributed by atoms with Crippen molar-refractivity contribution in [3.8, 4) is 0 Å². The van der Waals surface area contributed by atoms with Crippen molar-refractivity contribution in [3.63, 3.8) is 0 Å². The number of carbonyl (C=O) groups is 2. The average Bonchev–Trinajstić information content (AvgIpc) is 2.43. The number of para-hydroxylation sites is 1. The van der Waals surface area contributed by atoms with Crippen LogP contribution in [0.1, 0.15) is 24.3 Å². The monoisotopic (exact) mass is 305 g/mol. The van der Waals surface area contributed by atoms with E-state index in [-0.39, 0.29) is 24.2 Å². The number of primary amides is 1. The standard InChI is InChI=1S/C15H16ClN3O2/c1-9(2)19(8-14(17)20)15(21)13-7-11(16)10-5-3-4-6-12(10)18-13/h3-7,9H,8H2,1-2H3,(H2,17,20). The summed E-state index contributed by atoms with van der Waals surface area (Å²) in [6.45, 7) is 3.47. The van der Waals surface area contributed by atoms with Gasteiger partial charge in [-0.05, 0) is 26.0 Å². The van der Waals surface area contributed by atoms with Gasteiger partial charge >= 0.3 is 0 Å². The second kappa shape index (κ2) is 6.10. The molecular weight excluding hydrogens is 290 g/mol. The molecule has 1 aromatic carbocycles. The third kappa shape index (κ3) is 3.31. The number of pyridine rings is 1. The summed E-state index contributed by atoms with van der Waals surface area (Å²) in [4.78, 5) is 29.3. The fraction of sp³-hybridized carbons (Fsp3) is 0.267. The van der Waals surface area contributed by atoms with Crippen LogP contribution in [-0.4, -0.2) is 34.3 Å². The Labute approximate surface area is 127 Å². The molecule has 110 valence electrons. The van der Waals surface area contributed by atoms with E-state index in [1.807, 2.05) is 32.0 Å². The van der Waals surface area contributed by atoms with Gasteiger partial charge in [0.15, 0.2) is 0 Å². The van der Waals surface area contributed by atoms with Crippen LogP contribution in [0.3, 0.4) is 0 Å². The fourth-order valence-corrected chi connectivity index (χ4v) is 2.31. The van der Waals surface area contributed by atoms with E-state index in [1.54, 1.807) is 6.07 Å². The molecule has 0 saturated carbocycles. The van der Waals surface area contributed by atoms with E-state index < -0.39 is 5.91 Å². The smallest absolute Gasteiger partial charge is 0.273 e. The van der Waals surface area contributed by atoms with Crippen molar-refractivity contribution in [1.29, 1.82) is 0 Å². The molecule has 2 amide bonds. The molecule has 2 aromatic rings. The van der Waals surface area contributed by atoms with Gasteiger partial charge in [-0.1, -0.05) is 29.8 Å². The number of nitrogens with zero attached hydrogens (tertiary/aromatic N) is 2. The van der Waals surface area contributed by atoms with Gasteiger partial charge in [0.25, 0.3) is 5.91 Å². The summed E-state index contributed by atoms with van der Waals surface area (Å²) < 4.78 is 0. The lowest BCUT2D eigenvalue weighted by molar-refractivity contribution is -0.119. The van der Waals surface area contributed by atoms with Crippen molar-refractivity contribution < 1.29 is 9.59 Å². The molecule has 1 heterocycles. The second-order valence-electron chi connectivity index (χ2n) is 5.00. The SMILES string of the molecule is CC(C)N(CC(N)=O)C(=O)c1cc(Cl)c2ccccc2n1. The molecule has 0 bridgehead atoms. The largest absolute Gasteiger partial charge is 0.368 e. The van der Waals surface area contributed by atoms with E-state index in [2.05, 4.69) is 4.98 Å². The Morgan fingerprint density at radius 1 is 1.33 bits per heavy atom. The van der Waals surface area contributed by atoms with Gasteiger partial charge in [-0.3, -0.25) is 9.59 Å². The zero-order chi connectivity index (χ0) is 15.6. The van der Waals surface area contributed by atoms with E-state index in [9.17, 15) is 9.59 Å². The predicted molar refractivity (Wildman–Crippen MR) is 82.1 cm³/mol. The van der Waals surface area contributed by atoms with Gasteiger partial charge in [0.1, 0.15) is 5.69 Å². The first kappa shape index (κ1) is 15.3. The van der Waals surface area contributed by atoms with Crippen molar-refractivity contribution in [2.24, 2.45) is 5.73 Å². The number of nitrogens with two attached hydrogens (primary N) is 1. The summed E-state index contributed by atoms with van der Waals surface area (Å²) in [5, 5.41) is 1.23. The lowest BCUT2D eigenvalue weighted by Crippen LogP contribution is -2.43. The highest BCUT2D eigenvalue weighted by Crippen LogP contribution is 2.23. The van der Waals surface area contributed by atoms with Crippen molar-refractivity contribution in [2.45, 2.75) is 19.9 Å². The highest BCUT2D eigenvalue weighted by molar-refractivity contribution is 6.35. The van der Waals surface area contributed by atoms with E-state index in [1.165, 1.54) is 11.0 Å². The van der Waals surface area contributed by atoms with E-state index >= 15 is 0 Å². The Balaban J connectivity index is 2.44. The van der Waals surface area contributed by atoms with E-state index in [4.69, 9.17) is 17.3 Å². The van der Waals surface area contributed by atoms with Gasteiger partial charge in [0.05, 0.1) is 17.1 Å². The Morgan fingerprint density at radius 3 is 2.62 bits per heavy atom. The third-order valence-electron chi connectivity index (χ3n) is 3.10. The number of hydrogen-bond donors (Lipinski definition) is 1. The molecule has 1 aromatic heterocycles. The van der Waals surface area contributed by atoms with Crippen molar-refractivity contribution >= 4 is 34.3 Å². The van der Waals surface area contributed by atoms with Crippen molar-refractivity contribution in [3.05, 3.63) is 41.0 Å². The number of hydrogen-bond acceptors (Lipinski definition) is 3. The molecule has 0 unspecified atom stereocenters. The molecule has 6 heteroatoms. The number of amides is 2. The molecule has 0 saturated heterocycles. The fourth-order valence-electron chi connectivity index (χ4n) is 2.05. The number of halogens is 1. The van der Waals surface area contributed by atoms with Gasteiger partial charge in [-0.25, -0.2) is 4.98 Å². The Morgan fingerprint density at radius 2 is 2.00 bits per heavy atom. The molecule has 2 rings (SSSR count). The first-order valence-corrected chi connectivity index (χ1v) is 6.92. The van der Waals surface area contributed by atoms with Gasteiger partial charge in [-0.2, -0.15) is 0 Å². The van der Waals surface area contributed by atoms with Crippen LogP contribution in [0, 0.1) is 0 Å². The first-order valence-electron chi connectivity index (χ1n) is 6.54. The molecule has 0 spiro atoms. The number of aromatic nitrogens is 1. The summed E-state index contributed by atoms with van der Waals surface area (Å²) >= 11 is 6.19. The van der Waals surface area contributed by atoms with Crippen LogP contribution in [0.2, 0.25) is 5.02 Å². The first-order chi connectivity index (χ1) is 9.90. The van der Waals surface area contributed by atoms with Gasteiger partial charge in [-0.15, -0.1) is 0 Å². The van der Waals surface area contributed by atoms with E-state index in [0.29, 0.717) is 10.5 Å². The molecule has 0 aliphatic carbocycles. The highest BCUT2D eigenvalue weighted by Gasteiger charge is 2.22. The van der Waals surface area contributed by atoms with Crippen molar-refractivity contribution in [2.75, 3.05) is 6.54 Å². The van der Waals surface area contributed by atoms with Crippen LogP contribution in [0.15, 0.2) is 30.3 Å². The molecule has 0 radical (unpaired) electrons. The maximum atomic E-state index is 12.5. The van der Waals surface area contributed by atoms with Crippen LogP contribution in [-0.2, 0) is 4.79 Å². The average molecular weight is 306 g/mol. The van der Waals surface area contributed by atoms with Crippen LogP contribution >= 0.6 is 11.6 Å². The summed E-state index contributed by atoms with van der Waals surface area (Å²) in [7, 11) is 0. The van der Waals surface area contributed by atoms with Crippen LogP contribution in [0.4, 0.5) is 0 Å². The quantitative estimate of drug-likeness (QED) is 0.941. The molecule has 21 heavy (non-hydrogen) atoms. The van der Waals surface area contributed by atoms with Gasteiger partial charge in [0.2, 0.25) is 5.91 Å². The maximum Gasteiger partial charge on any atom is 0.273 e. The summed E-state index contributed by atoms with van der Waals surface area (Å²) in [5.74, 6) is -0.930. The molecule has 0 fully saturated rings. The maximum absolute atomic E-state index is 12.5. The minimum absolute atomic E-state index is 0.150. The molecule has 0 atom stereocenters. The highest BCUT2D eigenvalue weighted by atomic mass is 35.5. The minimum atomic E-state index is -0.566. The Hall–Kier alpha value is -2.14. The zero-order valence-electron chi connectivity index (χ0n) is 11.8. The molecule has 5 nitrogen and oxygen atoms in total. The Kier molecular flexibility index (Phi) is 4.43. The topological polar surface area (TPSA) is 76.3 Å². The van der Waals surface area contributed by atoms with Gasteiger partial charge in [0, 0.05) is 11.4 Å². The van der Waals surface area contributed by atoms with Crippen LogP contribution in [0.5, 0.6) is 0 Å². The van der Waals surface area contributed by atoms with E-state index in [0.717, 1.165) is 5.39 Å². The lowest BCUT2D eigenvalue weighted by Gasteiger charge is -2.25. The van der Waals surface area contributed by atoms with Crippen LogP contribution in [0.25, 0.3) is 10.9 Å². The second-order valence-corrected chi connectivity index (χ2v) is 5.41. The molecular formula is C15H16ClN3O2. The molecule has 0 aliphatic heterocycles. The number of benzene rings is 1. The minimum Gasteiger partial charge on any atom is -0.368 e. The number of fused-ring (bicyclic) bond motifs is 1. The summed E-state index contributed by atoms with van der Waals surface area (Å²) in [5.41, 5.74) is 6.03. The third-order valence-corrected chi connectivity index (χ3v) is 3.41. The number of rotatable bonds is 4. The lowest BCUT2D eigenvalue weighted by atomic mass is 10.2. The van der Waals surface area contributed by atoms with Gasteiger partial charge < -0.3 is 10.6 Å². The van der Waals surface area contributed by atoms with Crippen LogP contribution < -0.4 is 5.73 Å². The number of carbonyl (C=O) groups excluding carboxylic acids is 2. The normalized spacial score (nSPS) is 10.9. The zero-order valence-corrected chi connectivity index (χ0v) is 12.6. The molecule has 0 aliphatic rings. The van der Waals surface area contributed by atoms with Crippen molar-refractivity contribution in [1.82, 2.24) is 9.88 Å². The summed E-state index contributed by atoms with van der Waals surface area (Å²) in [6.07, 6.45) is 0. The molecule has 2 N–H and O–H groups in total. The summed E-state index contributed by atoms with van der Waals surface area (Å²) in [6, 6.07) is 8.64. The Bertz CT molecular complexity index is 700.